The molecule has 1 fully saturated rings. The molecular formula is C12H15NO2S. The first-order valence-corrected chi connectivity index (χ1v) is 7.46. The molecule has 1 aliphatic carbocycles. The van der Waals surface area contributed by atoms with Crippen molar-refractivity contribution in [1.29, 1.82) is 0 Å². The van der Waals surface area contributed by atoms with Crippen LogP contribution in [0.1, 0.15) is 35.4 Å². The second-order valence-electron chi connectivity index (χ2n) is 4.83. The number of hydrogen-bond donors (Lipinski definition) is 0. The summed E-state index contributed by atoms with van der Waals surface area (Å²) in [7, 11) is -3.05. The summed E-state index contributed by atoms with van der Waals surface area (Å²) in [6, 6.07) is 6.44. The molecule has 2 aliphatic rings. The van der Waals surface area contributed by atoms with Gasteiger partial charge in [0.2, 0.25) is 10.0 Å². The summed E-state index contributed by atoms with van der Waals surface area (Å²) in [5.74, 6) is 0.734. The Kier molecular flexibility index (Phi) is 2.13. The van der Waals surface area contributed by atoms with E-state index in [-0.39, 0.29) is 0 Å². The average molecular weight is 237 g/mol. The maximum atomic E-state index is 11.5. The van der Waals surface area contributed by atoms with Crippen LogP contribution in [0.4, 0.5) is 0 Å². The molecule has 1 aliphatic heterocycles. The molecule has 3 nitrogen and oxygen atoms in total. The first kappa shape index (κ1) is 10.3. The van der Waals surface area contributed by atoms with Crippen molar-refractivity contribution in [1.82, 2.24) is 4.31 Å². The molecule has 0 saturated heterocycles. The molecule has 1 heterocycles. The molecule has 0 aromatic heterocycles. The zero-order valence-corrected chi connectivity index (χ0v) is 10.1. The summed E-state index contributed by atoms with van der Waals surface area (Å²) in [4.78, 5) is 0. The van der Waals surface area contributed by atoms with Gasteiger partial charge in [-0.25, -0.2) is 8.42 Å². The van der Waals surface area contributed by atoms with E-state index < -0.39 is 10.0 Å². The molecule has 3 rings (SSSR count). The third-order valence-electron chi connectivity index (χ3n) is 3.44. The highest BCUT2D eigenvalue weighted by Crippen LogP contribution is 2.41. The Hall–Kier alpha value is -0.870. The molecule has 1 saturated carbocycles. The minimum Gasteiger partial charge on any atom is -0.212 e. The van der Waals surface area contributed by atoms with Crippen LogP contribution in [0.5, 0.6) is 0 Å². The topological polar surface area (TPSA) is 37.4 Å². The lowest BCUT2D eigenvalue weighted by molar-refractivity contribution is 0.436. The summed E-state index contributed by atoms with van der Waals surface area (Å²) < 4.78 is 24.5. The van der Waals surface area contributed by atoms with Crippen LogP contribution in [0.2, 0.25) is 0 Å². The zero-order valence-electron chi connectivity index (χ0n) is 9.31. The number of benzene rings is 1. The Morgan fingerprint density at radius 1 is 1.19 bits per heavy atom. The van der Waals surface area contributed by atoms with Crippen molar-refractivity contribution >= 4 is 10.0 Å². The highest BCUT2D eigenvalue weighted by Gasteiger charge is 2.28. The van der Waals surface area contributed by atoms with Crippen LogP contribution < -0.4 is 0 Å². The lowest BCUT2D eigenvalue weighted by atomic mass is 10.0. The molecule has 0 N–H and O–H groups in total. The van der Waals surface area contributed by atoms with Gasteiger partial charge in [-0.05, 0) is 35.4 Å². The molecule has 0 unspecified atom stereocenters. The largest absolute Gasteiger partial charge is 0.212 e. The Labute approximate surface area is 96.1 Å². The highest BCUT2D eigenvalue weighted by molar-refractivity contribution is 7.88. The zero-order chi connectivity index (χ0) is 11.3. The molecule has 1 aromatic rings. The van der Waals surface area contributed by atoms with Crippen molar-refractivity contribution < 1.29 is 8.42 Å². The van der Waals surface area contributed by atoms with E-state index in [0.717, 1.165) is 11.5 Å². The van der Waals surface area contributed by atoms with Crippen LogP contribution in [0.3, 0.4) is 0 Å². The van der Waals surface area contributed by atoms with E-state index >= 15 is 0 Å². The standard InChI is InChI=1S/C12H15NO2S/c1-16(14,15)13-7-11-5-4-10(9-2-3-9)6-12(11)8-13/h4-6,9H,2-3,7-8H2,1H3. The molecule has 0 atom stereocenters. The van der Waals surface area contributed by atoms with Gasteiger partial charge in [0.05, 0.1) is 6.26 Å². The van der Waals surface area contributed by atoms with Crippen LogP contribution >= 0.6 is 0 Å². The van der Waals surface area contributed by atoms with Crippen LogP contribution in [-0.2, 0) is 23.1 Å². The van der Waals surface area contributed by atoms with Gasteiger partial charge in [0.1, 0.15) is 0 Å². The Morgan fingerprint density at radius 3 is 2.50 bits per heavy atom. The van der Waals surface area contributed by atoms with Crippen molar-refractivity contribution in [3.05, 3.63) is 34.9 Å². The smallest absolute Gasteiger partial charge is 0.211 e. The molecular weight excluding hydrogens is 222 g/mol. The van der Waals surface area contributed by atoms with E-state index in [0.29, 0.717) is 13.1 Å². The van der Waals surface area contributed by atoms with E-state index in [1.165, 1.54) is 34.5 Å². The molecule has 16 heavy (non-hydrogen) atoms. The number of fused-ring (bicyclic) bond motifs is 1. The lowest BCUT2D eigenvalue weighted by Crippen LogP contribution is -2.23. The third-order valence-corrected chi connectivity index (χ3v) is 4.64. The van der Waals surface area contributed by atoms with Crippen molar-refractivity contribution in [2.45, 2.75) is 31.8 Å². The minimum absolute atomic E-state index is 0.541. The maximum absolute atomic E-state index is 11.5. The minimum atomic E-state index is -3.05. The van der Waals surface area contributed by atoms with Gasteiger partial charge < -0.3 is 0 Å². The second-order valence-corrected chi connectivity index (χ2v) is 6.82. The quantitative estimate of drug-likeness (QED) is 0.787. The maximum Gasteiger partial charge on any atom is 0.211 e. The predicted molar refractivity (Wildman–Crippen MR) is 62.5 cm³/mol. The van der Waals surface area contributed by atoms with Crippen molar-refractivity contribution in [3.63, 3.8) is 0 Å². The van der Waals surface area contributed by atoms with E-state index in [1.54, 1.807) is 0 Å². The van der Waals surface area contributed by atoms with Crippen LogP contribution in [0.15, 0.2) is 18.2 Å². The Balaban J connectivity index is 1.91. The average Bonchev–Trinajstić information content (AvgIpc) is 2.95. The van der Waals surface area contributed by atoms with Gasteiger partial charge in [0, 0.05) is 13.1 Å². The number of nitrogens with zero attached hydrogens (tertiary/aromatic N) is 1. The van der Waals surface area contributed by atoms with E-state index in [4.69, 9.17) is 0 Å². The summed E-state index contributed by atoms with van der Waals surface area (Å²) >= 11 is 0. The highest BCUT2D eigenvalue weighted by atomic mass is 32.2. The molecule has 0 bridgehead atoms. The van der Waals surface area contributed by atoms with E-state index in [2.05, 4.69) is 18.2 Å². The summed E-state index contributed by atoms with van der Waals surface area (Å²) in [5.41, 5.74) is 3.73. The third kappa shape index (κ3) is 1.76. The molecule has 1 aromatic carbocycles. The van der Waals surface area contributed by atoms with Crippen molar-refractivity contribution in [2.24, 2.45) is 0 Å². The van der Waals surface area contributed by atoms with Gasteiger partial charge >= 0.3 is 0 Å². The Bertz CT molecular complexity index is 532. The van der Waals surface area contributed by atoms with Crippen LogP contribution in [0, 0.1) is 0 Å². The SMILES string of the molecule is CS(=O)(=O)N1Cc2ccc(C3CC3)cc2C1. The first-order valence-electron chi connectivity index (χ1n) is 5.61. The summed E-state index contributed by atoms with van der Waals surface area (Å²) in [5, 5.41) is 0. The van der Waals surface area contributed by atoms with Crippen molar-refractivity contribution in [3.8, 4) is 0 Å². The molecule has 0 spiro atoms. The van der Waals surface area contributed by atoms with Crippen molar-refractivity contribution in [2.75, 3.05) is 6.26 Å². The monoisotopic (exact) mass is 237 g/mol. The van der Waals surface area contributed by atoms with Gasteiger partial charge in [-0.1, -0.05) is 18.2 Å². The molecule has 0 amide bonds. The first-order chi connectivity index (χ1) is 7.54. The fraction of sp³-hybridized carbons (Fsp3) is 0.500. The fourth-order valence-corrected chi connectivity index (χ4v) is 3.04. The summed E-state index contributed by atoms with van der Waals surface area (Å²) in [6.45, 7) is 1.09. The van der Waals surface area contributed by atoms with Crippen LogP contribution in [0.25, 0.3) is 0 Å². The molecule has 0 radical (unpaired) electrons. The number of rotatable bonds is 2. The van der Waals surface area contributed by atoms with Gasteiger partial charge in [0.25, 0.3) is 0 Å². The van der Waals surface area contributed by atoms with Gasteiger partial charge in [-0.3, -0.25) is 0 Å². The van der Waals surface area contributed by atoms with E-state index in [9.17, 15) is 8.42 Å². The normalized spacial score (nSPS) is 21.1. The number of sulfonamides is 1. The predicted octanol–water partition coefficient (Wildman–Crippen LogP) is 1.84. The molecule has 86 valence electrons. The summed E-state index contributed by atoms with van der Waals surface area (Å²) in [6.07, 6.45) is 3.85. The van der Waals surface area contributed by atoms with Gasteiger partial charge in [0.15, 0.2) is 0 Å². The van der Waals surface area contributed by atoms with Gasteiger partial charge in [-0.2, -0.15) is 4.31 Å². The molecule has 4 heteroatoms. The van der Waals surface area contributed by atoms with Crippen LogP contribution in [-0.4, -0.2) is 19.0 Å². The van der Waals surface area contributed by atoms with Gasteiger partial charge in [-0.15, -0.1) is 0 Å². The van der Waals surface area contributed by atoms with E-state index in [1.807, 2.05) is 0 Å². The fourth-order valence-electron chi connectivity index (χ4n) is 2.29. The Morgan fingerprint density at radius 2 is 1.88 bits per heavy atom. The second kappa shape index (κ2) is 3.31. The lowest BCUT2D eigenvalue weighted by Gasteiger charge is -2.10. The number of hydrogen-bond acceptors (Lipinski definition) is 2.